The van der Waals surface area contributed by atoms with Crippen molar-refractivity contribution in [3.05, 3.63) is 46.5 Å². The van der Waals surface area contributed by atoms with Crippen LogP contribution < -0.4 is 10.5 Å². The summed E-state index contributed by atoms with van der Waals surface area (Å²) in [5.41, 5.74) is 6.36. The number of H-pyrrole nitrogens is 1. The average molecular weight is 345 g/mol. The maximum absolute atomic E-state index is 12.1. The van der Waals surface area contributed by atoms with Crippen LogP contribution in [0.2, 0.25) is 0 Å². The van der Waals surface area contributed by atoms with Crippen LogP contribution in [0.5, 0.6) is 0 Å². The summed E-state index contributed by atoms with van der Waals surface area (Å²) in [5, 5.41) is 0. The largest absolute Gasteiger partial charge is 0.347 e. The van der Waals surface area contributed by atoms with Crippen LogP contribution in [0.1, 0.15) is 11.4 Å². The predicted octanol–water partition coefficient (Wildman–Crippen LogP) is 1.11. The Labute approximate surface area is 119 Å². The van der Waals surface area contributed by atoms with Crippen LogP contribution in [0.4, 0.5) is 0 Å². The number of halogens is 1. The number of imidazole rings is 1. The van der Waals surface area contributed by atoms with Crippen LogP contribution >= 0.6 is 15.9 Å². The molecule has 0 amide bonds. The normalized spacial score (nSPS) is 11.7. The van der Waals surface area contributed by atoms with Gasteiger partial charge in [0.05, 0.1) is 11.4 Å². The van der Waals surface area contributed by atoms with Crippen molar-refractivity contribution < 1.29 is 8.42 Å². The Morgan fingerprint density at radius 2 is 2.21 bits per heavy atom. The standard InChI is InChI=1S/C11H13BrN4O2S/c12-9-5-8(6-13)1-2-10(9)19(17,18)16-7-11-14-3-4-15-11/h1-5,16H,6-7,13H2,(H,14,15). The zero-order chi connectivity index (χ0) is 13.9. The second-order valence-electron chi connectivity index (χ2n) is 3.83. The molecule has 0 saturated carbocycles. The minimum Gasteiger partial charge on any atom is -0.347 e. The van der Waals surface area contributed by atoms with Crippen molar-refractivity contribution in [2.75, 3.05) is 0 Å². The third kappa shape index (κ3) is 3.41. The summed E-state index contributed by atoms with van der Waals surface area (Å²) in [7, 11) is -3.59. The van der Waals surface area contributed by atoms with E-state index in [4.69, 9.17) is 5.73 Å². The van der Waals surface area contributed by atoms with E-state index in [1.54, 1.807) is 24.5 Å². The molecule has 2 aromatic rings. The van der Waals surface area contributed by atoms with Gasteiger partial charge in [0.1, 0.15) is 5.82 Å². The molecular weight excluding hydrogens is 332 g/mol. The van der Waals surface area contributed by atoms with Crippen molar-refractivity contribution in [3.8, 4) is 0 Å². The zero-order valence-corrected chi connectivity index (χ0v) is 12.3. The highest BCUT2D eigenvalue weighted by Gasteiger charge is 2.17. The maximum atomic E-state index is 12.1. The summed E-state index contributed by atoms with van der Waals surface area (Å²) in [6.07, 6.45) is 3.20. The van der Waals surface area contributed by atoms with Gasteiger partial charge in [-0.1, -0.05) is 6.07 Å². The first-order valence-electron chi connectivity index (χ1n) is 5.49. The first-order valence-corrected chi connectivity index (χ1v) is 7.77. The summed E-state index contributed by atoms with van der Waals surface area (Å²) in [6.45, 7) is 0.471. The molecule has 8 heteroatoms. The van der Waals surface area contributed by atoms with Crippen LogP contribution in [0.15, 0.2) is 40.0 Å². The molecule has 0 aliphatic heterocycles. The van der Waals surface area contributed by atoms with Gasteiger partial charge < -0.3 is 10.7 Å². The Morgan fingerprint density at radius 3 is 2.79 bits per heavy atom. The lowest BCUT2D eigenvalue weighted by molar-refractivity contribution is 0.579. The Morgan fingerprint density at radius 1 is 1.42 bits per heavy atom. The number of rotatable bonds is 5. The predicted molar refractivity (Wildman–Crippen MR) is 74.6 cm³/mol. The van der Waals surface area contributed by atoms with Crippen molar-refractivity contribution in [2.24, 2.45) is 5.73 Å². The minimum absolute atomic E-state index is 0.112. The molecule has 0 fully saturated rings. The van der Waals surface area contributed by atoms with E-state index < -0.39 is 10.0 Å². The van der Waals surface area contributed by atoms with Crippen LogP contribution in [0.25, 0.3) is 0 Å². The summed E-state index contributed by atoms with van der Waals surface area (Å²) >= 11 is 3.24. The molecule has 4 N–H and O–H groups in total. The average Bonchev–Trinajstić information content (AvgIpc) is 2.89. The summed E-state index contributed by atoms with van der Waals surface area (Å²) in [4.78, 5) is 6.96. The van der Waals surface area contributed by atoms with Gasteiger partial charge in [-0.2, -0.15) is 0 Å². The van der Waals surface area contributed by atoms with E-state index in [0.29, 0.717) is 16.8 Å². The van der Waals surface area contributed by atoms with Crippen LogP contribution in [0.3, 0.4) is 0 Å². The highest BCUT2D eigenvalue weighted by molar-refractivity contribution is 9.10. The van der Waals surface area contributed by atoms with Crippen LogP contribution in [-0.4, -0.2) is 18.4 Å². The summed E-state index contributed by atoms with van der Waals surface area (Å²) in [6, 6.07) is 4.91. The van der Waals surface area contributed by atoms with Crippen LogP contribution in [0, 0.1) is 0 Å². The Hall–Kier alpha value is -1.22. The number of aromatic amines is 1. The van der Waals surface area contributed by atoms with E-state index >= 15 is 0 Å². The molecule has 0 aliphatic rings. The SMILES string of the molecule is NCc1ccc(S(=O)(=O)NCc2ncc[nH]2)c(Br)c1. The third-order valence-corrected chi connectivity index (χ3v) is 4.88. The smallest absolute Gasteiger partial charge is 0.242 e. The second kappa shape index (κ2) is 5.83. The van der Waals surface area contributed by atoms with Crippen molar-refractivity contribution >= 4 is 26.0 Å². The third-order valence-electron chi connectivity index (χ3n) is 2.51. The lowest BCUT2D eigenvalue weighted by Gasteiger charge is -2.08. The molecule has 0 radical (unpaired) electrons. The van der Waals surface area contributed by atoms with Crippen LogP contribution in [-0.2, 0) is 23.1 Å². The maximum Gasteiger partial charge on any atom is 0.242 e. The summed E-state index contributed by atoms with van der Waals surface area (Å²) < 4.78 is 27.2. The number of nitrogens with two attached hydrogens (primary N) is 1. The molecule has 0 unspecified atom stereocenters. The molecule has 1 aromatic carbocycles. The lowest BCUT2D eigenvalue weighted by Crippen LogP contribution is -2.24. The molecule has 19 heavy (non-hydrogen) atoms. The molecule has 1 heterocycles. The Balaban J connectivity index is 2.19. The van der Waals surface area contributed by atoms with E-state index in [2.05, 4.69) is 30.6 Å². The number of sulfonamides is 1. The molecular formula is C11H13BrN4O2S. The molecule has 0 aliphatic carbocycles. The topological polar surface area (TPSA) is 101 Å². The second-order valence-corrected chi connectivity index (χ2v) is 6.42. The molecule has 6 nitrogen and oxygen atoms in total. The van der Waals surface area contributed by atoms with E-state index in [0.717, 1.165) is 5.56 Å². The number of aromatic nitrogens is 2. The fraction of sp³-hybridized carbons (Fsp3) is 0.182. The van der Waals surface area contributed by atoms with Gasteiger partial charge >= 0.3 is 0 Å². The van der Waals surface area contributed by atoms with Crippen molar-refractivity contribution in [2.45, 2.75) is 18.0 Å². The van der Waals surface area contributed by atoms with Gasteiger partial charge in [-0.15, -0.1) is 0 Å². The molecule has 0 saturated heterocycles. The number of hydrogen-bond acceptors (Lipinski definition) is 4. The van der Waals surface area contributed by atoms with E-state index in [1.165, 1.54) is 6.07 Å². The Bertz CT molecular complexity index is 655. The molecule has 2 rings (SSSR count). The number of benzene rings is 1. The molecule has 1 aromatic heterocycles. The lowest BCUT2D eigenvalue weighted by atomic mass is 10.2. The van der Waals surface area contributed by atoms with Gasteiger partial charge in [-0.05, 0) is 33.6 Å². The van der Waals surface area contributed by atoms with Gasteiger partial charge in [-0.25, -0.2) is 18.1 Å². The first kappa shape index (κ1) is 14.2. The fourth-order valence-electron chi connectivity index (χ4n) is 1.53. The van der Waals surface area contributed by atoms with Gasteiger partial charge in [0.2, 0.25) is 10.0 Å². The highest BCUT2D eigenvalue weighted by atomic mass is 79.9. The summed E-state index contributed by atoms with van der Waals surface area (Å²) in [5.74, 6) is 0.554. The quantitative estimate of drug-likeness (QED) is 0.756. The number of nitrogens with zero attached hydrogens (tertiary/aromatic N) is 1. The van der Waals surface area contributed by atoms with E-state index in [9.17, 15) is 8.42 Å². The number of nitrogens with one attached hydrogen (secondary N) is 2. The molecule has 102 valence electrons. The van der Waals surface area contributed by atoms with Crippen molar-refractivity contribution in [3.63, 3.8) is 0 Å². The van der Waals surface area contributed by atoms with Crippen molar-refractivity contribution in [1.82, 2.24) is 14.7 Å². The van der Waals surface area contributed by atoms with Gasteiger partial charge in [0.25, 0.3) is 0 Å². The van der Waals surface area contributed by atoms with E-state index in [1.807, 2.05) is 0 Å². The highest BCUT2D eigenvalue weighted by Crippen LogP contribution is 2.23. The van der Waals surface area contributed by atoms with Crippen molar-refractivity contribution in [1.29, 1.82) is 0 Å². The first-order chi connectivity index (χ1) is 9.03. The van der Waals surface area contributed by atoms with Gasteiger partial charge in [0.15, 0.2) is 0 Å². The van der Waals surface area contributed by atoms with Gasteiger partial charge in [-0.3, -0.25) is 0 Å². The number of hydrogen-bond donors (Lipinski definition) is 3. The Kier molecular flexibility index (Phi) is 4.35. The van der Waals surface area contributed by atoms with Gasteiger partial charge in [0, 0.05) is 23.4 Å². The molecule has 0 atom stereocenters. The monoisotopic (exact) mass is 344 g/mol. The molecule has 0 spiro atoms. The molecule has 0 bridgehead atoms. The minimum atomic E-state index is -3.59. The fourth-order valence-corrected chi connectivity index (χ4v) is 3.64. The zero-order valence-electron chi connectivity index (χ0n) is 9.93. The van der Waals surface area contributed by atoms with E-state index in [-0.39, 0.29) is 11.4 Å².